The fourth-order valence-electron chi connectivity index (χ4n) is 1.67. The van der Waals surface area contributed by atoms with Crippen LogP contribution in [-0.2, 0) is 9.59 Å². The summed E-state index contributed by atoms with van der Waals surface area (Å²) in [5, 5.41) is 6.78. The molecular formula is C16H16N2O2S2. The van der Waals surface area contributed by atoms with E-state index in [0.29, 0.717) is 12.2 Å². The fraction of sp³-hybridized carbons (Fsp3) is 0.125. The van der Waals surface area contributed by atoms with E-state index in [4.69, 9.17) is 5.73 Å². The average molecular weight is 332 g/mol. The van der Waals surface area contributed by atoms with E-state index in [2.05, 4.69) is 5.32 Å². The molecule has 0 aliphatic rings. The van der Waals surface area contributed by atoms with Crippen molar-refractivity contribution in [2.45, 2.75) is 11.3 Å². The second kappa shape index (κ2) is 8.41. The van der Waals surface area contributed by atoms with Crippen molar-refractivity contribution in [1.82, 2.24) is 0 Å². The Morgan fingerprint density at radius 2 is 2.09 bits per heavy atom. The molecule has 0 radical (unpaired) electrons. The summed E-state index contributed by atoms with van der Waals surface area (Å²) >= 11 is 3.08. The molecule has 2 aromatic rings. The van der Waals surface area contributed by atoms with Gasteiger partial charge in [0.1, 0.15) is 0 Å². The van der Waals surface area contributed by atoms with Crippen LogP contribution in [0.15, 0.2) is 52.1 Å². The number of hydrogen-bond acceptors (Lipinski definition) is 4. The summed E-state index contributed by atoms with van der Waals surface area (Å²) < 4.78 is 0. The third-order valence-corrected chi connectivity index (χ3v) is 4.50. The lowest BCUT2D eigenvalue weighted by atomic mass is 10.3. The molecule has 0 aliphatic carbocycles. The number of carbonyl (C=O) groups is 2. The second-order valence-electron chi connectivity index (χ2n) is 4.44. The number of amides is 2. The van der Waals surface area contributed by atoms with Crippen molar-refractivity contribution in [3.05, 3.63) is 52.7 Å². The first kappa shape index (κ1) is 16.3. The van der Waals surface area contributed by atoms with Gasteiger partial charge in [0.05, 0.1) is 5.69 Å². The second-order valence-corrected chi connectivity index (χ2v) is 6.36. The lowest BCUT2D eigenvalue weighted by molar-refractivity contribution is -0.117. The van der Waals surface area contributed by atoms with Gasteiger partial charge in [0.25, 0.3) is 0 Å². The normalized spacial score (nSPS) is 10.7. The number of thiophene rings is 1. The summed E-state index contributed by atoms with van der Waals surface area (Å²) in [6.07, 6.45) is 3.59. The lowest BCUT2D eigenvalue weighted by Gasteiger charge is -2.08. The van der Waals surface area contributed by atoms with Crippen molar-refractivity contribution in [3.63, 3.8) is 0 Å². The molecule has 3 N–H and O–H groups in total. The largest absolute Gasteiger partial charge is 0.370 e. The molecule has 0 bridgehead atoms. The third kappa shape index (κ3) is 5.38. The molecule has 0 unspecified atom stereocenters. The van der Waals surface area contributed by atoms with Crippen molar-refractivity contribution >= 4 is 46.7 Å². The molecule has 1 heterocycles. The minimum Gasteiger partial charge on any atom is -0.370 e. The molecule has 22 heavy (non-hydrogen) atoms. The number of benzene rings is 1. The first-order valence-corrected chi connectivity index (χ1v) is 8.59. The molecule has 0 fully saturated rings. The fourth-order valence-corrected chi connectivity index (χ4v) is 3.27. The maximum atomic E-state index is 12.0. The van der Waals surface area contributed by atoms with Crippen LogP contribution in [0.3, 0.4) is 0 Å². The van der Waals surface area contributed by atoms with Crippen LogP contribution in [0.1, 0.15) is 12.0 Å². The van der Waals surface area contributed by atoms with Gasteiger partial charge in [-0.3, -0.25) is 9.59 Å². The zero-order chi connectivity index (χ0) is 15.8. The number of nitrogens with two attached hydrogens (primary N) is 1. The van der Waals surface area contributed by atoms with E-state index in [9.17, 15) is 9.59 Å². The maximum absolute atomic E-state index is 12.0. The topological polar surface area (TPSA) is 72.2 Å². The van der Waals surface area contributed by atoms with Crippen LogP contribution in [0.2, 0.25) is 0 Å². The molecular weight excluding hydrogens is 316 g/mol. The Balaban J connectivity index is 1.96. The summed E-state index contributed by atoms with van der Waals surface area (Å²) in [6.45, 7) is 0. The van der Waals surface area contributed by atoms with Gasteiger partial charge in [0.15, 0.2) is 0 Å². The van der Waals surface area contributed by atoms with Gasteiger partial charge in [-0.15, -0.1) is 11.8 Å². The average Bonchev–Trinajstić information content (AvgIpc) is 3.00. The molecule has 1 aromatic carbocycles. The highest BCUT2D eigenvalue weighted by molar-refractivity contribution is 7.99. The van der Waals surface area contributed by atoms with Crippen LogP contribution in [0.25, 0.3) is 6.08 Å². The number of carbonyl (C=O) groups excluding carboxylic acids is 2. The van der Waals surface area contributed by atoms with Crippen molar-refractivity contribution in [2.75, 3.05) is 11.1 Å². The first-order chi connectivity index (χ1) is 10.6. The molecule has 0 saturated heterocycles. The van der Waals surface area contributed by atoms with Gasteiger partial charge in [0.2, 0.25) is 11.8 Å². The van der Waals surface area contributed by atoms with Gasteiger partial charge in [0, 0.05) is 23.1 Å². The molecule has 2 amide bonds. The summed E-state index contributed by atoms with van der Waals surface area (Å²) in [5.41, 5.74) is 6.87. The Labute approximate surface area is 137 Å². The number of anilines is 1. The van der Waals surface area contributed by atoms with Crippen LogP contribution in [0.5, 0.6) is 0 Å². The molecule has 0 atom stereocenters. The molecule has 114 valence electrons. The Hall–Kier alpha value is -2.05. The zero-order valence-corrected chi connectivity index (χ0v) is 13.5. The quantitative estimate of drug-likeness (QED) is 0.603. The molecule has 0 aliphatic heterocycles. The van der Waals surface area contributed by atoms with Crippen LogP contribution < -0.4 is 11.1 Å². The standard InChI is InChI=1S/C16H16N2O2S2/c17-15(19)8-10-22-14-4-2-1-3-13(14)18-16(20)6-5-12-7-9-21-11-12/h1-7,9,11H,8,10H2,(H2,17,19)(H,18,20)/b6-5+. The molecule has 4 nitrogen and oxygen atoms in total. The van der Waals surface area contributed by atoms with E-state index in [1.54, 1.807) is 17.4 Å². The van der Waals surface area contributed by atoms with Crippen LogP contribution in [0, 0.1) is 0 Å². The highest BCUT2D eigenvalue weighted by Gasteiger charge is 2.05. The Morgan fingerprint density at radius 1 is 1.27 bits per heavy atom. The number of hydrogen-bond donors (Lipinski definition) is 2. The molecule has 1 aromatic heterocycles. The van der Waals surface area contributed by atoms with E-state index in [1.165, 1.54) is 17.8 Å². The zero-order valence-electron chi connectivity index (χ0n) is 11.8. The van der Waals surface area contributed by atoms with Gasteiger partial charge in [-0.1, -0.05) is 12.1 Å². The van der Waals surface area contributed by atoms with Crippen LogP contribution >= 0.6 is 23.1 Å². The first-order valence-electron chi connectivity index (χ1n) is 6.66. The van der Waals surface area contributed by atoms with Crippen molar-refractivity contribution in [3.8, 4) is 0 Å². The van der Waals surface area contributed by atoms with E-state index in [0.717, 1.165) is 16.1 Å². The number of thioether (sulfide) groups is 1. The van der Waals surface area contributed by atoms with Gasteiger partial charge < -0.3 is 11.1 Å². The SMILES string of the molecule is NC(=O)CCSc1ccccc1NC(=O)/C=C/c1ccsc1. The predicted octanol–water partition coefficient (Wildman–Crippen LogP) is 3.37. The minimum absolute atomic E-state index is 0.186. The Kier molecular flexibility index (Phi) is 6.24. The monoisotopic (exact) mass is 332 g/mol. The number of rotatable bonds is 7. The maximum Gasteiger partial charge on any atom is 0.248 e. The van der Waals surface area contributed by atoms with Crippen LogP contribution in [0.4, 0.5) is 5.69 Å². The third-order valence-electron chi connectivity index (χ3n) is 2.72. The number of primary amides is 1. The summed E-state index contributed by atoms with van der Waals surface area (Å²) in [5.74, 6) is 0.0781. The number of para-hydroxylation sites is 1. The van der Waals surface area contributed by atoms with Crippen molar-refractivity contribution < 1.29 is 9.59 Å². The predicted molar refractivity (Wildman–Crippen MR) is 93.0 cm³/mol. The van der Waals surface area contributed by atoms with Gasteiger partial charge in [-0.25, -0.2) is 0 Å². The van der Waals surface area contributed by atoms with Crippen molar-refractivity contribution in [2.24, 2.45) is 5.73 Å². The number of nitrogens with one attached hydrogen (secondary N) is 1. The van der Waals surface area contributed by atoms with E-state index >= 15 is 0 Å². The Bertz CT molecular complexity index is 667. The van der Waals surface area contributed by atoms with Gasteiger partial charge in [-0.2, -0.15) is 11.3 Å². The minimum atomic E-state index is -0.326. The van der Waals surface area contributed by atoms with Crippen molar-refractivity contribution in [1.29, 1.82) is 0 Å². The molecule has 2 rings (SSSR count). The van der Waals surface area contributed by atoms with E-state index in [-0.39, 0.29) is 11.8 Å². The van der Waals surface area contributed by atoms with Crippen LogP contribution in [-0.4, -0.2) is 17.6 Å². The van der Waals surface area contributed by atoms with Gasteiger partial charge >= 0.3 is 0 Å². The Morgan fingerprint density at radius 3 is 2.82 bits per heavy atom. The highest BCUT2D eigenvalue weighted by atomic mass is 32.2. The lowest BCUT2D eigenvalue weighted by Crippen LogP contribution is -2.11. The molecule has 6 heteroatoms. The molecule has 0 spiro atoms. The van der Waals surface area contributed by atoms with Gasteiger partial charge in [-0.05, 0) is 40.6 Å². The summed E-state index contributed by atoms with van der Waals surface area (Å²) in [6, 6.07) is 9.44. The summed E-state index contributed by atoms with van der Waals surface area (Å²) in [7, 11) is 0. The molecule has 0 saturated carbocycles. The smallest absolute Gasteiger partial charge is 0.248 e. The van der Waals surface area contributed by atoms with E-state index in [1.807, 2.05) is 41.1 Å². The summed E-state index contributed by atoms with van der Waals surface area (Å²) in [4.78, 5) is 23.7. The highest BCUT2D eigenvalue weighted by Crippen LogP contribution is 2.27. The van der Waals surface area contributed by atoms with E-state index < -0.39 is 0 Å².